The van der Waals surface area contributed by atoms with Crippen molar-refractivity contribution in [2.45, 2.75) is 96.5 Å². The fourth-order valence-electron chi connectivity index (χ4n) is 13.8. The molecule has 7 unspecified atom stereocenters. The Morgan fingerprint density at radius 1 is 0.969 bits per heavy atom. The first kappa shape index (κ1) is 44.4. The summed E-state index contributed by atoms with van der Waals surface area (Å²) in [5.41, 5.74) is 5.11. The van der Waals surface area contributed by atoms with E-state index in [9.17, 15) is 24.9 Å². The Bertz CT molecular complexity index is 2500. The third-order valence-electron chi connectivity index (χ3n) is 16.0. The third-order valence-corrected chi connectivity index (χ3v) is 16.9. The highest BCUT2D eigenvalue weighted by Gasteiger charge is 2.92. The van der Waals surface area contributed by atoms with Gasteiger partial charge in [-0.15, -0.1) is 0 Å². The number of benzene rings is 2. The Labute approximate surface area is 378 Å². The van der Waals surface area contributed by atoms with Crippen LogP contribution in [0, 0.1) is 27.1 Å². The molecule has 0 radical (unpaired) electrons. The van der Waals surface area contributed by atoms with Crippen molar-refractivity contribution in [2.24, 2.45) is 21.7 Å². The number of carbonyl (C=O) groups is 2. The van der Waals surface area contributed by atoms with Crippen LogP contribution in [0.2, 0.25) is 0 Å². The molecule has 3 heterocycles. The van der Waals surface area contributed by atoms with Crippen LogP contribution in [0.15, 0.2) is 60.3 Å². The molecule has 4 aromatic rings. The largest absolute Gasteiger partial charge is 0.476 e. The second-order valence-electron chi connectivity index (χ2n) is 19.9. The number of hydrogen-bond acceptors (Lipinski definition) is 13. The van der Waals surface area contributed by atoms with Crippen LogP contribution in [-0.4, -0.2) is 118 Å². The van der Waals surface area contributed by atoms with Gasteiger partial charge in [0.2, 0.25) is 0 Å². The van der Waals surface area contributed by atoms with Gasteiger partial charge in [0.25, 0.3) is 5.91 Å². The molecule has 1 spiro atoms. The number of carboxylic acids is 1. The van der Waals surface area contributed by atoms with Crippen LogP contribution in [0.4, 0.5) is 10.9 Å². The van der Waals surface area contributed by atoms with Gasteiger partial charge in [0.15, 0.2) is 10.8 Å². The Balaban J connectivity index is 0.886. The smallest absolute Gasteiger partial charge is 0.355 e. The average Bonchev–Trinajstić information content (AvgIpc) is 3.88. The maximum absolute atomic E-state index is 13.7. The highest BCUT2D eigenvalue weighted by Crippen LogP contribution is 2.96. The molecule has 4 aliphatic carbocycles. The van der Waals surface area contributed by atoms with E-state index in [1.54, 1.807) is 6.07 Å². The van der Waals surface area contributed by atoms with E-state index in [1.807, 2.05) is 67.4 Å². The maximum atomic E-state index is 13.7. The minimum Gasteiger partial charge on any atom is -0.476 e. The number of hydrogen-bond donors (Lipinski definition) is 7. The van der Waals surface area contributed by atoms with Crippen LogP contribution in [0.1, 0.15) is 103 Å². The zero-order valence-electron chi connectivity index (χ0n) is 37.2. The number of anilines is 2. The normalized spacial score (nSPS) is 28.7. The summed E-state index contributed by atoms with van der Waals surface area (Å²) in [6.45, 7) is 10.2. The summed E-state index contributed by atoms with van der Waals surface area (Å²) in [7, 11) is 2.00. The van der Waals surface area contributed by atoms with E-state index in [-0.39, 0.29) is 51.9 Å². The van der Waals surface area contributed by atoms with Gasteiger partial charge in [0, 0.05) is 67.9 Å². The van der Waals surface area contributed by atoms with Crippen molar-refractivity contribution in [2.75, 3.05) is 56.7 Å². The third kappa shape index (κ3) is 7.23. The Hall–Kier alpha value is -4.77. The van der Waals surface area contributed by atoms with Gasteiger partial charge < -0.3 is 45.7 Å². The van der Waals surface area contributed by atoms with Crippen molar-refractivity contribution < 1.29 is 34.8 Å². The molecule has 340 valence electrons. The second kappa shape index (κ2) is 16.6. The van der Waals surface area contributed by atoms with Gasteiger partial charge in [0.05, 0.1) is 34.6 Å². The molecule has 64 heavy (non-hydrogen) atoms. The van der Waals surface area contributed by atoms with Crippen LogP contribution in [0.5, 0.6) is 0 Å². The number of thiazole rings is 1. The van der Waals surface area contributed by atoms with E-state index in [2.05, 4.69) is 34.4 Å². The number of rotatable bonds is 19. The summed E-state index contributed by atoms with van der Waals surface area (Å²) in [4.78, 5) is 40.0. The molecule has 4 saturated carbocycles. The summed E-state index contributed by atoms with van der Waals surface area (Å²) in [5, 5.41) is 55.7. The van der Waals surface area contributed by atoms with Crippen LogP contribution in [-0.2, 0) is 17.7 Å². The van der Waals surface area contributed by atoms with Gasteiger partial charge in [-0.25, -0.2) is 14.8 Å². The number of aromatic carboxylic acids is 1. The number of amides is 1. The predicted octanol–water partition coefficient (Wildman–Crippen LogP) is 6.35. The molecule has 2 aromatic heterocycles. The lowest BCUT2D eigenvalue weighted by Crippen LogP contribution is -2.79. The number of likely N-dealkylation sites (N-methyl/N-ethyl adjacent to an activating group) is 1. The van der Waals surface area contributed by atoms with Crippen LogP contribution < -0.4 is 15.5 Å². The van der Waals surface area contributed by atoms with E-state index in [1.165, 1.54) is 24.0 Å². The Morgan fingerprint density at radius 2 is 1.75 bits per heavy atom. The molecule has 14 nitrogen and oxygen atoms in total. The summed E-state index contributed by atoms with van der Waals surface area (Å²) in [6.07, 6.45) is 5.93. The minimum atomic E-state index is -1.18. The molecule has 4 fully saturated rings. The molecule has 15 heteroatoms. The standard InChI is InChI=1S/C49H61N7O7S/c1-30(51-29-47-25-45(2)24-46(3)26-48(27-47,28-49(45,46)47)63-21-19-55(4)17-15-37(58)38(59)16-20-57)34(22-50)32-12-13-40(53-41(32)43(61)62)56-18-14-31-8-7-9-33(35(31)23-56)42(60)54-44-52-36-10-5-6-11-39(36)64-44/h5-13,22,37-38,50-51,57-59H,14-21,23-29H2,1-4H3,(H,61,62)(H,52,54,60)/b34-30+,50-22?. The molecule has 9 rings (SSSR count). The molecule has 0 saturated heterocycles. The lowest BCUT2D eigenvalue weighted by Gasteiger charge is -2.83. The quantitative estimate of drug-likeness (QED) is 0.0515. The molecule has 1 amide bonds. The first-order valence-electron chi connectivity index (χ1n) is 22.6. The van der Waals surface area contributed by atoms with Crippen molar-refractivity contribution in [3.63, 3.8) is 0 Å². The van der Waals surface area contributed by atoms with Gasteiger partial charge in [-0.05, 0) is 128 Å². The Kier molecular flexibility index (Phi) is 11.5. The second-order valence-corrected chi connectivity index (χ2v) is 21.0. The highest BCUT2D eigenvalue weighted by atomic mass is 32.1. The van der Waals surface area contributed by atoms with Crippen LogP contribution >= 0.6 is 11.3 Å². The van der Waals surface area contributed by atoms with E-state index >= 15 is 0 Å². The lowest BCUT2D eigenvalue weighted by molar-refractivity contribution is -0.352. The number of aromatic nitrogens is 2. The first-order valence-corrected chi connectivity index (χ1v) is 23.4. The van der Waals surface area contributed by atoms with Crippen LogP contribution in [0.3, 0.4) is 0 Å². The number of aliphatic hydroxyl groups excluding tert-OH is 3. The monoisotopic (exact) mass is 891 g/mol. The van der Waals surface area contributed by atoms with Crippen molar-refractivity contribution in [3.05, 3.63) is 88.2 Å². The summed E-state index contributed by atoms with van der Waals surface area (Å²) < 4.78 is 7.90. The summed E-state index contributed by atoms with van der Waals surface area (Å²) >= 11 is 1.42. The Morgan fingerprint density at radius 3 is 2.50 bits per heavy atom. The number of carboxylic acid groups (broad SMARTS) is 1. The number of allylic oxidation sites excluding steroid dienone is 2. The molecular formula is C49H61N7O7S. The average molecular weight is 892 g/mol. The van der Waals surface area contributed by atoms with Crippen molar-refractivity contribution in [1.82, 2.24) is 20.2 Å². The first-order chi connectivity index (χ1) is 30.6. The molecule has 5 aliphatic rings. The number of nitrogens with zero attached hydrogens (tertiary/aromatic N) is 4. The number of para-hydroxylation sites is 1. The van der Waals surface area contributed by atoms with Gasteiger partial charge in [-0.2, -0.15) is 0 Å². The zero-order chi connectivity index (χ0) is 45.2. The molecule has 2 aromatic carbocycles. The van der Waals surface area contributed by atoms with Crippen molar-refractivity contribution >= 4 is 56.2 Å². The zero-order valence-corrected chi connectivity index (χ0v) is 38.1. The minimum absolute atomic E-state index is 0.00663. The SMILES string of the molecule is C/C(NCC12CC3(OCCN(C)CCC(O)C(O)CCO)CC4(C)CC(C)(C1)C42C3)=C(/C=N)c1ccc(N2CCc3cccc(C(=O)Nc4nc5ccccc5s4)c3C2)nc1C(=O)O. The van der Waals surface area contributed by atoms with E-state index in [4.69, 9.17) is 20.2 Å². The molecule has 7 atom stereocenters. The van der Waals surface area contributed by atoms with Gasteiger partial charge >= 0.3 is 5.97 Å². The number of carbonyl (C=O) groups excluding carboxylic acids is 1. The lowest BCUT2D eigenvalue weighted by atomic mass is 9.21. The van der Waals surface area contributed by atoms with Gasteiger partial charge in [-0.1, -0.05) is 49.4 Å². The topological polar surface area (TPSA) is 204 Å². The fourth-order valence-corrected chi connectivity index (χ4v) is 14.7. The van der Waals surface area contributed by atoms with Crippen molar-refractivity contribution in [3.8, 4) is 0 Å². The number of fused-ring (bicyclic) bond motifs is 3. The maximum Gasteiger partial charge on any atom is 0.355 e. The van der Waals surface area contributed by atoms with Crippen molar-refractivity contribution in [1.29, 1.82) is 5.41 Å². The summed E-state index contributed by atoms with van der Waals surface area (Å²) in [5.74, 6) is -0.933. The van der Waals surface area contributed by atoms with E-state index in [0.29, 0.717) is 79.8 Å². The number of pyridine rings is 1. The molecular weight excluding hydrogens is 831 g/mol. The van der Waals surface area contributed by atoms with Gasteiger partial charge in [0.1, 0.15) is 5.82 Å². The molecule has 1 aliphatic heterocycles. The summed E-state index contributed by atoms with van der Waals surface area (Å²) in [6, 6.07) is 17.1. The predicted molar refractivity (Wildman–Crippen MR) is 248 cm³/mol. The molecule has 2 bridgehead atoms. The highest BCUT2D eigenvalue weighted by molar-refractivity contribution is 7.22. The van der Waals surface area contributed by atoms with Crippen LogP contribution in [0.25, 0.3) is 15.8 Å². The fraction of sp³-hybridized carbons (Fsp3) is 0.531. The number of ether oxygens (including phenoxy) is 1. The number of nitrogens with one attached hydrogen (secondary N) is 3. The van der Waals surface area contributed by atoms with Gasteiger partial charge in [-0.3, -0.25) is 10.1 Å². The molecule has 7 N–H and O–H groups in total. The number of aliphatic hydroxyl groups is 3. The van der Waals surface area contributed by atoms with E-state index < -0.39 is 18.2 Å². The van der Waals surface area contributed by atoms with E-state index in [0.717, 1.165) is 52.7 Å².